The van der Waals surface area contributed by atoms with Gasteiger partial charge in [-0.25, -0.2) is 39.5 Å². The number of hydrogen-bond donors (Lipinski definition) is 2. The second-order valence-corrected chi connectivity index (χ2v) is 17.7. The molecule has 4 aromatic rings. The van der Waals surface area contributed by atoms with E-state index in [0.29, 0.717) is 82.0 Å². The molecule has 372 valence electrons. The lowest BCUT2D eigenvalue weighted by atomic mass is 10.0. The number of nitrogens with zero attached hydrogens (tertiary/aromatic N) is 13. The van der Waals surface area contributed by atoms with Gasteiger partial charge in [-0.05, 0) is 50.0 Å². The molecular formula is C47H61N15O8. The SMILES string of the molecule is C=CC(=O)N1CCC(Oc2ncc([C@H](C)Nc3nccc(N4C(=O)OC[C@@H]4C(C)C)n3)cn2)CC1.C=CC(=O)N1CCN(Oc2ncc([C@H](C)Nc3nccc(N4C(=O)OC[C@@H]4C(C)C)n3)cn2)CC1. The Hall–Kier alpha value is -7.56. The number of aromatic nitrogens is 8. The van der Waals surface area contributed by atoms with E-state index in [1.807, 2.05) is 41.5 Å². The van der Waals surface area contributed by atoms with Crippen LogP contribution in [0.25, 0.3) is 0 Å². The van der Waals surface area contributed by atoms with Crippen LogP contribution in [0.4, 0.5) is 33.1 Å². The van der Waals surface area contributed by atoms with Crippen LogP contribution < -0.4 is 30.0 Å². The molecule has 0 bridgehead atoms. The number of carbonyl (C=O) groups excluding carboxylic acids is 4. The monoisotopic (exact) mass is 963 g/mol. The van der Waals surface area contributed by atoms with E-state index in [-0.39, 0.29) is 59.9 Å². The van der Waals surface area contributed by atoms with Crippen molar-refractivity contribution in [1.82, 2.24) is 54.7 Å². The van der Waals surface area contributed by atoms with Crippen molar-refractivity contribution >= 4 is 47.5 Å². The van der Waals surface area contributed by atoms with Crippen LogP contribution in [0.2, 0.25) is 0 Å². The van der Waals surface area contributed by atoms with Gasteiger partial charge >= 0.3 is 24.2 Å². The first-order valence-corrected chi connectivity index (χ1v) is 23.4. The molecule has 0 aromatic carbocycles. The zero-order chi connectivity index (χ0) is 49.9. The molecule has 0 radical (unpaired) electrons. The van der Waals surface area contributed by atoms with E-state index in [2.05, 4.69) is 63.7 Å². The number of amides is 4. The van der Waals surface area contributed by atoms with E-state index in [9.17, 15) is 19.2 Å². The molecule has 8 rings (SSSR count). The van der Waals surface area contributed by atoms with Gasteiger partial charge in [0.05, 0.1) is 37.3 Å². The van der Waals surface area contributed by atoms with Crippen LogP contribution in [0.3, 0.4) is 0 Å². The van der Waals surface area contributed by atoms with E-state index in [1.165, 1.54) is 12.2 Å². The van der Waals surface area contributed by atoms with Gasteiger partial charge in [-0.2, -0.15) is 9.97 Å². The molecule has 70 heavy (non-hydrogen) atoms. The largest absolute Gasteiger partial charge is 0.460 e. The zero-order valence-corrected chi connectivity index (χ0v) is 40.4. The number of cyclic esters (lactones) is 2. The van der Waals surface area contributed by atoms with Crippen LogP contribution in [-0.2, 0) is 19.1 Å². The molecule has 2 N–H and O–H groups in total. The zero-order valence-electron chi connectivity index (χ0n) is 40.4. The van der Waals surface area contributed by atoms with Gasteiger partial charge < -0.3 is 39.5 Å². The first kappa shape index (κ1) is 50.3. The Morgan fingerprint density at radius 1 is 0.643 bits per heavy atom. The highest BCUT2D eigenvalue weighted by Gasteiger charge is 2.38. The average molecular weight is 964 g/mol. The highest BCUT2D eigenvalue weighted by atomic mass is 16.7. The first-order valence-electron chi connectivity index (χ1n) is 23.4. The third kappa shape index (κ3) is 12.6. The summed E-state index contributed by atoms with van der Waals surface area (Å²) in [5.41, 5.74) is 1.65. The van der Waals surface area contributed by atoms with Gasteiger partial charge in [0.15, 0.2) is 0 Å². The summed E-state index contributed by atoms with van der Waals surface area (Å²) in [6.45, 7) is 23.2. The highest BCUT2D eigenvalue weighted by Crippen LogP contribution is 2.29. The van der Waals surface area contributed by atoms with E-state index < -0.39 is 12.2 Å². The van der Waals surface area contributed by atoms with Crippen molar-refractivity contribution in [2.24, 2.45) is 11.8 Å². The van der Waals surface area contributed by atoms with Gasteiger partial charge in [-0.15, -0.1) is 5.06 Å². The lowest BCUT2D eigenvalue weighted by Gasteiger charge is -2.32. The fraction of sp³-hybridized carbons (Fsp3) is 0.489. The number of carbonyl (C=O) groups is 4. The summed E-state index contributed by atoms with van der Waals surface area (Å²) in [6, 6.07) is 3.41. The summed E-state index contributed by atoms with van der Waals surface area (Å²) >= 11 is 0. The van der Waals surface area contributed by atoms with E-state index in [0.717, 1.165) is 24.0 Å². The number of hydroxylamine groups is 2. The van der Waals surface area contributed by atoms with Gasteiger partial charge in [0.2, 0.25) is 23.7 Å². The topological polar surface area (TPSA) is 249 Å². The first-order chi connectivity index (χ1) is 33.7. The number of ether oxygens (including phenoxy) is 3. The number of rotatable bonds is 16. The van der Waals surface area contributed by atoms with Gasteiger partial charge in [0.25, 0.3) is 0 Å². The molecule has 4 fully saturated rings. The Morgan fingerprint density at radius 3 is 1.50 bits per heavy atom. The molecule has 0 spiro atoms. The molecule has 4 aromatic heterocycles. The van der Waals surface area contributed by atoms with Gasteiger partial charge in [0, 0.05) is 87.3 Å². The molecular weight excluding hydrogens is 903 g/mol. The maximum atomic E-state index is 12.3. The van der Waals surface area contributed by atoms with Crippen LogP contribution in [0, 0.1) is 11.8 Å². The Labute approximate surface area is 406 Å². The maximum absolute atomic E-state index is 12.3. The highest BCUT2D eigenvalue weighted by molar-refractivity contribution is 5.90. The van der Waals surface area contributed by atoms with Crippen molar-refractivity contribution in [3.05, 3.63) is 85.8 Å². The molecule has 4 amide bonds. The summed E-state index contributed by atoms with van der Waals surface area (Å²) in [5, 5.41) is 8.19. The number of likely N-dealkylation sites (tertiary alicyclic amines) is 1. The molecule has 0 saturated carbocycles. The molecule has 23 heteroatoms. The minimum absolute atomic E-state index is 0.0339. The predicted octanol–water partition coefficient (Wildman–Crippen LogP) is 5.02. The Balaban J connectivity index is 0.000000206. The standard InChI is InChI=1S/C24H31N7O4.C23H30N8O4/c1-5-21(32)30-10-7-18(8-11-30)35-23-26-12-17(13-27-23)16(4)28-22-25-9-6-20(29-22)31-19(15(2)3)14-34-24(31)33;1-5-20(32)29-8-10-30(11-9-29)35-22-25-12-17(13-26-22)16(4)27-21-24-7-6-19(28-21)31-18(15(2)3)14-34-23(31)33/h5-6,9,12-13,15-16,18-19H,1,7-8,10-11,14H2,2-4H3,(H,25,28,29);5-7,12-13,15-16,18H,1,8-11,14H2,2-4H3,(H,24,27,28)/t16-,19+;16-,18+/m00/s1. The number of hydrogen-bond acceptors (Lipinski definition) is 19. The molecule has 8 heterocycles. The molecule has 4 atom stereocenters. The van der Waals surface area contributed by atoms with Crippen molar-refractivity contribution in [2.75, 3.05) is 72.9 Å². The Kier molecular flexibility index (Phi) is 16.6. The molecule has 0 unspecified atom stereocenters. The Bertz CT molecular complexity index is 2280. The summed E-state index contributed by atoms with van der Waals surface area (Å²) in [6.07, 6.45) is 13.2. The number of piperidine rings is 1. The van der Waals surface area contributed by atoms with E-state index in [1.54, 1.807) is 74.0 Å². The average Bonchev–Trinajstić information content (AvgIpc) is 3.97. The number of anilines is 4. The van der Waals surface area contributed by atoms with Crippen LogP contribution in [0.15, 0.2) is 74.6 Å². The molecule has 0 aliphatic carbocycles. The lowest BCUT2D eigenvalue weighted by Crippen LogP contribution is -2.49. The third-order valence-electron chi connectivity index (χ3n) is 12.2. The fourth-order valence-corrected chi connectivity index (χ4v) is 7.96. The quantitative estimate of drug-likeness (QED) is 0.140. The normalized spacial score (nSPS) is 19.4. The minimum Gasteiger partial charge on any atom is -0.460 e. The molecule has 4 saturated heterocycles. The lowest BCUT2D eigenvalue weighted by molar-refractivity contribution is -0.136. The second kappa shape index (κ2) is 23.2. The molecule has 4 aliphatic rings. The summed E-state index contributed by atoms with van der Waals surface area (Å²) < 4.78 is 16.4. The predicted molar refractivity (Wildman–Crippen MR) is 257 cm³/mol. The number of piperazine rings is 1. The maximum Gasteiger partial charge on any atom is 0.415 e. The molecule has 4 aliphatic heterocycles. The van der Waals surface area contributed by atoms with Crippen LogP contribution in [-0.4, -0.2) is 149 Å². The van der Waals surface area contributed by atoms with Gasteiger partial charge in [-0.1, -0.05) is 40.9 Å². The van der Waals surface area contributed by atoms with Crippen molar-refractivity contribution in [2.45, 2.75) is 84.7 Å². The van der Waals surface area contributed by atoms with Crippen molar-refractivity contribution in [3.8, 4) is 12.0 Å². The minimum atomic E-state index is -0.404. The van der Waals surface area contributed by atoms with E-state index >= 15 is 0 Å². The van der Waals surface area contributed by atoms with E-state index in [4.69, 9.17) is 19.0 Å². The second-order valence-electron chi connectivity index (χ2n) is 17.7. The van der Waals surface area contributed by atoms with Gasteiger partial charge in [-0.3, -0.25) is 19.4 Å². The number of nitrogens with one attached hydrogen (secondary N) is 2. The summed E-state index contributed by atoms with van der Waals surface area (Å²) in [7, 11) is 0. The van der Waals surface area contributed by atoms with Crippen molar-refractivity contribution in [1.29, 1.82) is 0 Å². The van der Waals surface area contributed by atoms with Gasteiger partial charge in [0.1, 0.15) is 31.0 Å². The summed E-state index contributed by atoms with van der Waals surface area (Å²) in [4.78, 5) is 95.2. The Morgan fingerprint density at radius 2 is 1.07 bits per heavy atom. The third-order valence-corrected chi connectivity index (χ3v) is 12.2. The van der Waals surface area contributed by atoms with Crippen molar-refractivity contribution in [3.63, 3.8) is 0 Å². The van der Waals surface area contributed by atoms with Crippen LogP contribution >= 0.6 is 0 Å². The van der Waals surface area contributed by atoms with Crippen molar-refractivity contribution < 1.29 is 38.2 Å². The van der Waals surface area contributed by atoms with Crippen LogP contribution in [0.5, 0.6) is 12.0 Å². The summed E-state index contributed by atoms with van der Waals surface area (Å²) in [5.74, 6) is 2.07. The molecule has 23 nitrogen and oxygen atoms in total. The van der Waals surface area contributed by atoms with Crippen LogP contribution in [0.1, 0.15) is 77.6 Å². The smallest absolute Gasteiger partial charge is 0.415 e. The fourth-order valence-electron chi connectivity index (χ4n) is 7.96.